The standard InChI is InChI=1S/C7H6BrN5OS/c8-4-1-5(15-3-4)2-9-7(14)6-10-12-13-11-6/h1,3H,2H2,(H,9,14)(H,10,11,12,13). The molecule has 15 heavy (non-hydrogen) atoms. The number of thiophene rings is 1. The van der Waals surface area contributed by atoms with Crippen LogP contribution in [-0.4, -0.2) is 26.5 Å². The highest BCUT2D eigenvalue weighted by Crippen LogP contribution is 2.19. The van der Waals surface area contributed by atoms with E-state index in [1.807, 2.05) is 11.4 Å². The Bertz CT molecular complexity index is 454. The van der Waals surface area contributed by atoms with Crippen LogP contribution in [0.3, 0.4) is 0 Å². The van der Waals surface area contributed by atoms with Crippen molar-refractivity contribution in [3.63, 3.8) is 0 Å². The molecule has 0 bridgehead atoms. The Labute approximate surface area is 97.2 Å². The van der Waals surface area contributed by atoms with E-state index in [0.29, 0.717) is 6.54 Å². The van der Waals surface area contributed by atoms with Gasteiger partial charge in [-0.1, -0.05) is 0 Å². The Hall–Kier alpha value is -1.28. The molecule has 0 atom stereocenters. The molecule has 2 rings (SSSR count). The lowest BCUT2D eigenvalue weighted by Gasteiger charge is -1.98. The quantitative estimate of drug-likeness (QED) is 0.881. The number of aromatic nitrogens is 4. The van der Waals surface area contributed by atoms with E-state index in [9.17, 15) is 4.79 Å². The summed E-state index contributed by atoms with van der Waals surface area (Å²) in [6, 6.07) is 1.95. The first-order chi connectivity index (χ1) is 7.25. The molecule has 0 saturated heterocycles. The monoisotopic (exact) mass is 287 g/mol. The Balaban J connectivity index is 1.91. The van der Waals surface area contributed by atoms with Gasteiger partial charge in [-0.05, 0) is 27.2 Å². The zero-order valence-corrected chi connectivity index (χ0v) is 9.80. The zero-order valence-electron chi connectivity index (χ0n) is 7.40. The highest BCUT2D eigenvalue weighted by Gasteiger charge is 2.10. The Morgan fingerprint density at radius 1 is 1.67 bits per heavy atom. The SMILES string of the molecule is O=C(NCc1cc(Br)cs1)c1nn[nH]n1. The predicted molar refractivity (Wildman–Crippen MR) is 57.4 cm³/mol. The van der Waals surface area contributed by atoms with Gasteiger partial charge in [-0.3, -0.25) is 4.79 Å². The molecular formula is C7H6BrN5OS. The first-order valence-electron chi connectivity index (χ1n) is 4.00. The molecule has 2 heterocycles. The molecule has 0 radical (unpaired) electrons. The van der Waals surface area contributed by atoms with E-state index in [2.05, 4.69) is 41.9 Å². The smallest absolute Gasteiger partial charge is 0.293 e. The second kappa shape index (κ2) is 4.49. The van der Waals surface area contributed by atoms with Gasteiger partial charge in [-0.2, -0.15) is 5.21 Å². The Morgan fingerprint density at radius 3 is 3.13 bits per heavy atom. The van der Waals surface area contributed by atoms with Crippen LogP contribution in [0.4, 0.5) is 0 Å². The summed E-state index contributed by atoms with van der Waals surface area (Å²) in [5.41, 5.74) is 0. The van der Waals surface area contributed by atoms with Gasteiger partial charge in [-0.25, -0.2) is 0 Å². The number of hydrogen-bond donors (Lipinski definition) is 2. The summed E-state index contributed by atoms with van der Waals surface area (Å²) in [7, 11) is 0. The van der Waals surface area contributed by atoms with E-state index in [-0.39, 0.29) is 11.7 Å². The fraction of sp³-hybridized carbons (Fsp3) is 0.143. The van der Waals surface area contributed by atoms with Crippen LogP contribution in [0, 0.1) is 0 Å². The number of nitrogens with zero attached hydrogens (tertiary/aromatic N) is 3. The van der Waals surface area contributed by atoms with Gasteiger partial charge in [0.25, 0.3) is 11.7 Å². The Kier molecular flexibility index (Phi) is 3.07. The largest absolute Gasteiger partial charge is 0.344 e. The number of tetrazole rings is 1. The molecule has 6 nitrogen and oxygen atoms in total. The second-order valence-electron chi connectivity index (χ2n) is 2.65. The summed E-state index contributed by atoms with van der Waals surface area (Å²) in [6.45, 7) is 0.462. The molecule has 0 aliphatic heterocycles. The summed E-state index contributed by atoms with van der Waals surface area (Å²) < 4.78 is 1.01. The van der Waals surface area contributed by atoms with Gasteiger partial charge in [0.2, 0.25) is 0 Å². The molecule has 0 saturated carbocycles. The molecule has 0 fully saturated rings. The minimum absolute atomic E-state index is 0.0469. The average molecular weight is 288 g/mol. The minimum Gasteiger partial charge on any atom is -0.344 e. The number of carbonyl (C=O) groups excluding carboxylic acids is 1. The third kappa shape index (κ3) is 2.60. The molecule has 0 aliphatic carbocycles. The molecule has 0 unspecified atom stereocenters. The summed E-state index contributed by atoms with van der Waals surface area (Å²) >= 11 is 4.90. The lowest BCUT2D eigenvalue weighted by atomic mass is 10.4. The summed E-state index contributed by atoms with van der Waals surface area (Å²) in [5, 5.41) is 17.3. The van der Waals surface area contributed by atoms with Crippen LogP contribution in [0.2, 0.25) is 0 Å². The molecule has 78 valence electrons. The van der Waals surface area contributed by atoms with Crippen LogP contribution < -0.4 is 5.32 Å². The van der Waals surface area contributed by atoms with Crippen LogP contribution in [0.25, 0.3) is 0 Å². The molecule has 2 aromatic heterocycles. The fourth-order valence-electron chi connectivity index (χ4n) is 0.951. The molecule has 8 heteroatoms. The van der Waals surface area contributed by atoms with Crippen molar-refractivity contribution in [2.45, 2.75) is 6.54 Å². The van der Waals surface area contributed by atoms with Gasteiger partial charge < -0.3 is 5.32 Å². The van der Waals surface area contributed by atoms with Crippen molar-refractivity contribution in [3.05, 3.63) is 26.6 Å². The maximum atomic E-state index is 11.4. The van der Waals surface area contributed by atoms with Gasteiger partial charge in [0.1, 0.15) is 0 Å². The third-order valence-electron chi connectivity index (χ3n) is 1.59. The van der Waals surface area contributed by atoms with E-state index < -0.39 is 0 Å². The fourth-order valence-corrected chi connectivity index (χ4v) is 2.34. The van der Waals surface area contributed by atoms with E-state index in [1.54, 1.807) is 11.3 Å². The van der Waals surface area contributed by atoms with Crippen molar-refractivity contribution in [2.24, 2.45) is 0 Å². The van der Waals surface area contributed by atoms with Crippen LogP contribution in [-0.2, 0) is 6.54 Å². The number of rotatable bonds is 3. The van der Waals surface area contributed by atoms with Gasteiger partial charge in [0.05, 0.1) is 6.54 Å². The molecule has 0 aromatic carbocycles. The first kappa shape index (κ1) is 10.2. The normalized spacial score (nSPS) is 10.2. The van der Waals surface area contributed by atoms with Gasteiger partial charge in [0.15, 0.2) is 0 Å². The summed E-state index contributed by atoms with van der Waals surface area (Å²) in [5.74, 6) is -0.293. The van der Waals surface area contributed by atoms with E-state index in [0.717, 1.165) is 9.35 Å². The van der Waals surface area contributed by atoms with Crippen molar-refractivity contribution < 1.29 is 4.79 Å². The molecular weight excluding hydrogens is 282 g/mol. The third-order valence-corrected chi connectivity index (χ3v) is 3.29. The van der Waals surface area contributed by atoms with Crippen LogP contribution in [0.5, 0.6) is 0 Å². The number of halogens is 1. The molecule has 0 spiro atoms. The lowest BCUT2D eigenvalue weighted by Crippen LogP contribution is -2.23. The van der Waals surface area contributed by atoms with E-state index >= 15 is 0 Å². The van der Waals surface area contributed by atoms with Crippen molar-refractivity contribution >= 4 is 33.2 Å². The zero-order chi connectivity index (χ0) is 10.7. The maximum Gasteiger partial charge on any atom is 0.293 e. The van der Waals surface area contributed by atoms with Crippen molar-refractivity contribution in [2.75, 3.05) is 0 Å². The minimum atomic E-state index is -0.340. The second-order valence-corrected chi connectivity index (χ2v) is 4.56. The van der Waals surface area contributed by atoms with Gasteiger partial charge >= 0.3 is 0 Å². The number of aromatic amines is 1. The lowest BCUT2D eigenvalue weighted by molar-refractivity contribution is 0.0941. The molecule has 2 N–H and O–H groups in total. The summed E-state index contributed by atoms with van der Waals surface area (Å²) in [4.78, 5) is 12.4. The molecule has 2 aromatic rings. The summed E-state index contributed by atoms with van der Waals surface area (Å²) in [6.07, 6.45) is 0. The molecule has 1 amide bonds. The number of nitrogens with one attached hydrogen (secondary N) is 2. The van der Waals surface area contributed by atoms with Crippen LogP contribution in [0.15, 0.2) is 15.9 Å². The number of H-pyrrole nitrogens is 1. The van der Waals surface area contributed by atoms with Crippen LogP contribution in [0.1, 0.15) is 15.5 Å². The number of carbonyl (C=O) groups is 1. The Morgan fingerprint density at radius 2 is 2.53 bits per heavy atom. The highest BCUT2D eigenvalue weighted by atomic mass is 79.9. The molecule has 0 aliphatic rings. The van der Waals surface area contributed by atoms with Gasteiger partial charge in [-0.15, -0.1) is 21.5 Å². The number of amides is 1. The van der Waals surface area contributed by atoms with E-state index in [1.165, 1.54) is 0 Å². The van der Waals surface area contributed by atoms with E-state index in [4.69, 9.17) is 0 Å². The predicted octanol–water partition coefficient (Wildman–Crippen LogP) is 0.954. The topological polar surface area (TPSA) is 83.6 Å². The van der Waals surface area contributed by atoms with Crippen LogP contribution >= 0.6 is 27.3 Å². The van der Waals surface area contributed by atoms with Crippen molar-refractivity contribution in [1.29, 1.82) is 0 Å². The van der Waals surface area contributed by atoms with Crippen molar-refractivity contribution in [1.82, 2.24) is 25.9 Å². The van der Waals surface area contributed by atoms with Crippen molar-refractivity contribution in [3.8, 4) is 0 Å². The van der Waals surface area contributed by atoms with Gasteiger partial charge in [0, 0.05) is 14.7 Å². The maximum absolute atomic E-state index is 11.4. The average Bonchev–Trinajstić information content (AvgIpc) is 2.84. The highest BCUT2D eigenvalue weighted by molar-refractivity contribution is 9.10. The first-order valence-corrected chi connectivity index (χ1v) is 5.67. The number of hydrogen-bond acceptors (Lipinski definition) is 5.